The number of aromatic nitrogens is 4. The molecule has 11 heteroatoms. The maximum absolute atomic E-state index is 11.2. The summed E-state index contributed by atoms with van der Waals surface area (Å²) in [6.45, 7) is 3.16. The quantitative estimate of drug-likeness (QED) is 0.699. The summed E-state index contributed by atoms with van der Waals surface area (Å²) in [4.78, 5) is 21.3. The van der Waals surface area contributed by atoms with E-state index in [4.69, 9.17) is 15.5 Å². The van der Waals surface area contributed by atoms with Crippen LogP contribution in [0.15, 0.2) is 12.4 Å². The summed E-state index contributed by atoms with van der Waals surface area (Å²) in [7, 11) is 0. The number of nitrogen functional groups attached to an aromatic ring is 1. The SMILES string of the molecule is Nc1ncc(-c2nc(N3CCOCC3)nc3c2CCN3CS(=O)[O-])cn1. The van der Waals surface area contributed by atoms with Crippen LogP contribution in [-0.2, 0) is 22.2 Å². The van der Waals surface area contributed by atoms with Crippen molar-refractivity contribution in [2.45, 2.75) is 6.42 Å². The number of ether oxygens (including phenoxy) is 1. The van der Waals surface area contributed by atoms with Crippen LogP contribution in [0.5, 0.6) is 0 Å². The van der Waals surface area contributed by atoms with E-state index < -0.39 is 11.1 Å². The molecule has 26 heavy (non-hydrogen) atoms. The van der Waals surface area contributed by atoms with Gasteiger partial charge in [0.2, 0.25) is 11.9 Å². The third kappa shape index (κ3) is 3.32. The molecule has 0 aliphatic carbocycles. The van der Waals surface area contributed by atoms with Crippen molar-refractivity contribution in [1.82, 2.24) is 19.9 Å². The van der Waals surface area contributed by atoms with Gasteiger partial charge in [0.05, 0.1) is 24.8 Å². The van der Waals surface area contributed by atoms with E-state index in [2.05, 4.69) is 15.0 Å². The Bertz CT molecular complexity index is 827. The predicted molar refractivity (Wildman–Crippen MR) is 95.3 cm³/mol. The van der Waals surface area contributed by atoms with Crippen LogP contribution in [0.4, 0.5) is 17.7 Å². The van der Waals surface area contributed by atoms with E-state index in [9.17, 15) is 8.76 Å². The van der Waals surface area contributed by atoms with Crippen molar-refractivity contribution in [2.24, 2.45) is 0 Å². The molecule has 1 atom stereocenters. The van der Waals surface area contributed by atoms with E-state index in [0.29, 0.717) is 51.0 Å². The summed E-state index contributed by atoms with van der Waals surface area (Å²) in [5, 5.41) is 0. The van der Waals surface area contributed by atoms with Gasteiger partial charge in [-0.1, -0.05) is 0 Å². The fraction of sp³-hybridized carbons (Fsp3) is 0.467. The molecule has 2 N–H and O–H groups in total. The van der Waals surface area contributed by atoms with Crippen molar-refractivity contribution in [2.75, 3.05) is 54.3 Å². The second kappa shape index (κ2) is 7.09. The third-order valence-electron chi connectivity index (χ3n) is 4.41. The summed E-state index contributed by atoms with van der Waals surface area (Å²) in [5.74, 6) is 1.31. The van der Waals surface area contributed by atoms with Crippen molar-refractivity contribution in [3.8, 4) is 11.3 Å². The number of fused-ring (bicyclic) bond motifs is 1. The fourth-order valence-electron chi connectivity index (χ4n) is 3.16. The Morgan fingerprint density at radius 3 is 2.62 bits per heavy atom. The van der Waals surface area contributed by atoms with Crippen molar-refractivity contribution in [3.63, 3.8) is 0 Å². The van der Waals surface area contributed by atoms with E-state index in [1.54, 1.807) is 17.3 Å². The average Bonchev–Trinajstić information content (AvgIpc) is 3.05. The molecule has 138 valence electrons. The van der Waals surface area contributed by atoms with Crippen LogP contribution < -0.4 is 15.5 Å². The number of hydrogen-bond acceptors (Lipinski definition) is 10. The topological polar surface area (TPSA) is 133 Å². The summed E-state index contributed by atoms with van der Waals surface area (Å²) in [5.41, 5.74) is 7.94. The Kier molecular flexibility index (Phi) is 4.66. The lowest BCUT2D eigenvalue weighted by Gasteiger charge is -2.28. The van der Waals surface area contributed by atoms with Crippen molar-refractivity contribution in [1.29, 1.82) is 0 Å². The van der Waals surface area contributed by atoms with Crippen LogP contribution in [-0.4, -0.2) is 67.4 Å². The Morgan fingerprint density at radius 2 is 1.92 bits per heavy atom. The van der Waals surface area contributed by atoms with E-state index >= 15 is 0 Å². The minimum atomic E-state index is -2.19. The monoisotopic (exact) mass is 376 g/mol. The molecular weight excluding hydrogens is 358 g/mol. The van der Waals surface area contributed by atoms with Gasteiger partial charge in [-0.15, -0.1) is 0 Å². The second-order valence-corrected chi connectivity index (χ2v) is 6.92. The van der Waals surface area contributed by atoms with E-state index in [-0.39, 0.29) is 11.8 Å². The minimum absolute atomic E-state index is 0.0930. The first-order valence-corrected chi connectivity index (χ1v) is 9.48. The van der Waals surface area contributed by atoms with E-state index in [1.165, 1.54) is 0 Å². The van der Waals surface area contributed by atoms with Crippen LogP contribution in [0, 0.1) is 0 Å². The highest BCUT2D eigenvalue weighted by atomic mass is 32.2. The lowest BCUT2D eigenvalue weighted by Crippen LogP contribution is -2.37. The van der Waals surface area contributed by atoms with Gasteiger partial charge >= 0.3 is 0 Å². The van der Waals surface area contributed by atoms with Crippen LogP contribution in [0.1, 0.15) is 5.56 Å². The van der Waals surface area contributed by atoms with Gasteiger partial charge in [-0.05, 0) is 17.5 Å². The molecule has 1 saturated heterocycles. The first kappa shape index (κ1) is 17.1. The number of nitrogens with two attached hydrogens (primary N) is 1. The number of hydrogen-bond donors (Lipinski definition) is 1. The number of morpholine rings is 1. The molecule has 2 aromatic rings. The fourth-order valence-corrected chi connectivity index (χ4v) is 3.67. The van der Waals surface area contributed by atoms with Gasteiger partial charge in [-0.25, -0.2) is 15.0 Å². The van der Waals surface area contributed by atoms with Gasteiger partial charge in [0.25, 0.3) is 0 Å². The van der Waals surface area contributed by atoms with E-state index in [0.717, 1.165) is 16.8 Å². The largest absolute Gasteiger partial charge is 0.771 e. The minimum Gasteiger partial charge on any atom is -0.771 e. The molecule has 10 nitrogen and oxygen atoms in total. The Morgan fingerprint density at radius 1 is 1.19 bits per heavy atom. The normalized spacial score (nSPS) is 18.0. The first-order valence-electron chi connectivity index (χ1n) is 8.24. The van der Waals surface area contributed by atoms with Crippen molar-refractivity contribution < 1.29 is 13.5 Å². The van der Waals surface area contributed by atoms with Gasteiger partial charge in [-0.2, -0.15) is 4.98 Å². The van der Waals surface area contributed by atoms with Crippen LogP contribution in [0.2, 0.25) is 0 Å². The molecule has 4 heterocycles. The zero-order valence-corrected chi connectivity index (χ0v) is 14.8. The molecule has 2 aliphatic rings. The molecule has 0 bridgehead atoms. The highest BCUT2D eigenvalue weighted by molar-refractivity contribution is 7.79. The molecule has 1 unspecified atom stereocenters. The Balaban J connectivity index is 1.80. The second-order valence-electron chi connectivity index (χ2n) is 6.05. The van der Waals surface area contributed by atoms with Crippen LogP contribution in [0.3, 0.4) is 0 Å². The molecule has 0 radical (unpaired) electrons. The zero-order valence-electron chi connectivity index (χ0n) is 14.0. The molecule has 0 spiro atoms. The molecule has 1 fully saturated rings. The van der Waals surface area contributed by atoms with Crippen molar-refractivity contribution in [3.05, 3.63) is 18.0 Å². The highest BCUT2D eigenvalue weighted by Gasteiger charge is 2.28. The van der Waals surface area contributed by atoms with Gasteiger partial charge in [0.15, 0.2) is 0 Å². The standard InChI is InChI=1S/C15H19N7O3S/c16-14-17-7-10(8-18-14)12-11-1-2-22(9-26(23)24)13(11)20-15(19-12)21-3-5-25-6-4-21/h7-8H,1-6,9H2,(H,23,24)(H2,16,17,18)/p-1. The number of anilines is 3. The van der Waals surface area contributed by atoms with E-state index in [1.807, 2.05) is 4.90 Å². The maximum Gasteiger partial charge on any atom is 0.228 e. The first-order chi connectivity index (χ1) is 12.6. The summed E-state index contributed by atoms with van der Waals surface area (Å²) < 4.78 is 27.8. The molecule has 0 amide bonds. The number of nitrogens with zero attached hydrogens (tertiary/aromatic N) is 6. The van der Waals surface area contributed by atoms with Gasteiger partial charge in [0, 0.05) is 43.2 Å². The lowest BCUT2D eigenvalue weighted by molar-refractivity contribution is 0.122. The van der Waals surface area contributed by atoms with Gasteiger partial charge < -0.3 is 24.8 Å². The van der Waals surface area contributed by atoms with Crippen molar-refractivity contribution >= 4 is 28.8 Å². The molecule has 4 rings (SSSR count). The highest BCUT2D eigenvalue weighted by Crippen LogP contribution is 2.35. The number of rotatable bonds is 4. The predicted octanol–water partition coefficient (Wildman–Crippen LogP) is -0.448. The summed E-state index contributed by atoms with van der Waals surface area (Å²) in [6.07, 6.45) is 3.92. The average molecular weight is 376 g/mol. The molecule has 0 aromatic carbocycles. The molecule has 2 aliphatic heterocycles. The zero-order chi connectivity index (χ0) is 18.1. The van der Waals surface area contributed by atoms with Crippen LogP contribution >= 0.6 is 0 Å². The maximum atomic E-state index is 11.2. The molecular formula is C15H18N7O3S-. The van der Waals surface area contributed by atoms with Crippen LogP contribution in [0.25, 0.3) is 11.3 Å². The Hall–Kier alpha value is -2.37. The van der Waals surface area contributed by atoms with Gasteiger partial charge in [-0.3, -0.25) is 4.21 Å². The summed E-state index contributed by atoms with van der Waals surface area (Å²) in [6, 6.07) is 0. The molecule has 0 saturated carbocycles. The summed E-state index contributed by atoms with van der Waals surface area (Å²) >= 11 is -2.19. The smallest absolute Gasteiger partial charge is 0.228 e. The molecule has 2 aromatic heterocycles. The third-order valence-corrected chi connectivity index (χ3v) is 4.93. The van der Waals surface area contributed by atoms with Gasteiger partial charge in [0.1, 0.15) is 5.82 Å². The Labute approximate surface area is 152 Å². The lowest BCUT2D eigenvalue weighted by atomic mass is 10.1.